The molecule has 1 aromatic heterocycles. The number of benzene rings is 2. The first-order valence-corrected chi connectivity index (χ1v) is 9.48. The van der Waals surface area contributed by atoms with E-state index in [1.165, 1.54) is 5.56 Å². The summed E-state index contributed by atoms with van der Waals surface area (Å²) in [7, 11) is 0. The van der Waals surface area contributed by atoms with Crippen molar-refractivity contribution in [3.05, 3.63) is 77.4 Å². The predicted octanol–water partition coefficient (Wildman–Crippen LogP) is 2.99. The number of anilines is 1. The molecule has 1 aliphatic rings. The second-order valence-corrected chi connectivity index (χ2v) is 6.75. The van der Waals surface area contributed by atoms with Gasteiger partial charge >= 0.3 is 6.03 Å². The Morgan fingerprint density at radius 3 is 2.71 bits per heavy atom. The third-order valence-electron chi connectivity index (χ3n) is 4.74. The SMILES string of the molecule is O=C1NCCN1Cc1ccccc1NCc1nc(CCc2ccccc2)no1. The van der Waals surface area contributed by atoms with Crippen molar-refractivity contribution >= 4 is 11.7 Å². The topological polar surface area (TPSA) is 83.3 Å². The Kier molecular flexibility index (Phi) is 5.51. The number of aromatic nitrogens is 2. The van der Waals surface area contributed by atoms with Gasteiger partial charge in [0.25, 0.3) is 0 Å². The molecule has 2 aromatic carbocycles. The van der Waals surface area contributed by atoms with Crippen molar-refractivity contribution < 1.29 is 9.32 Å². The number of rotatable bonds is 8. The highest BCUT2D eigenvalue weighted by molar-refractivity contribution is 5.76. The van der Waals surface area contributed by atoms with Gasteiger partial charge in [0.1, 0.15) is 0 Å². The van der Waals surface area contributed by atoms with Crippen LogP contribution in [0.3, 0.4) is 0 Å². The van der Waals surface area contributed by atoms with Crippen molar-refractivity contribution in [2.45, 2.75) is 25.9 Å². The van der Waals surface area contributed by atoms with E-state index in [-0.39, 0.29) is 6.03 Å². The van der Waals surface area contributed by atoms with Crippen LogP contribution in [0.2, 0.25) is 0 Å². The van der Waals surface area contributed by atoms with E-state index in [4.69, 9.17) is 4.52 Å². The number of nitrogens with zero attached hydrogens (tertiary/aromatic N) is 3. The quantitative estimate of drug-likeness (QED) is 0.631. The first-order chi connectivity index (χ1) is 13.8. The summed E-state index contributed by atoms with van der Waals surface area (Å²) in [6, 6.07) is 18.2. The van der Waals surface area contributed by atoms with Crippen molar-refractivity contribution in [2.24, 2.45) is 0 Å². The molecule has 144 valence electrons. The third kappa shape index (κ3) is 4.49. The molecule has 0 atom stereocenters. The van der Waals surface area contributed by atoms with E-state index in [1.807, 2.05) is 42.5 Å². The van der Waals surface area contributed by atoms with Crippen LogP contribution in [0.25, 0.3) is 0 Å². The second-order valence-electron chi connectivity index (χ2n) is 6.75. The minimum atomic E-state index is -0.0187. The lowest BCUT2D eigenvalue weighted by Gasteiger charge is -2.17. The summed E-state index contributed by atoms with van der Waals surface area (Å²) in [5, 5.41) is 10.2. The lowest BCUT2D eigenvalue weighted by molar-refractivity contribution is 0.215. The molecule has 0 radical (unpaired) electrons. The second kappa shape index (κ2) is 8.56. The lowest BCUT2D eigenvalue weighted by atomic mass is 10.1. The molecule has 0 saturated carbocycles. The van der Waals surface area contributed by atoms with Gasteiger partial charge in [0.05, 0.1) is 6.54 Å². The number of aryl methyl sites for hydroxylation is 2. The molecule has 0 bridgehead atoms. The largest absolute Gasteiger partial charge is 0.376 e. The van der Waals surface area contributed by atoms with Crippen LogP contribution in [-0.2, 0) is 25.9 Å². The molecule has 1 aliphatic heterocycles. The summed E-state index contributed by atoms with van der Waals surface area (Å²) in [6.07, 6.45) is 1.63. The monoisotopic (exact) mass is 377 g/mol. The van der Waals surface area contributed by atoms with Crippen LogP contribution in [0.15, 0.2) is 59.1 Å². The van der Waals surface area contributed by atoms with Crippen molar-refractivity contribution in [1.29, 1.82) is 0 Å². The Hall–Kier alpha value is -3.35. The van der Waals surface area contributed by atoms with Gasteiger partial charge in [-0.3, -0.25) is 0 Å². The van der Waals surface area contributed by atoms with Crippen molar-refractivity contribution in [3.63, 3.8) is 0 Å². The molecule has 1 fully saturated rings. The molecule has 2 amide bonds. The molecule has 3 aromatic rings. The van der Waals surface area contributed by atoms with E-state index < -0.39 is 0 Å². The number of hydrogen-bond donors (Lipinski definition) is 2. The zero-order valence-corrected chi connectivity index (χ0v) is 15.6. The van der Waals surface area contributed by atoms with Gasteiger partial charge in [0.15, 0.2) is 5.82 Å². The van der Waals surface area contributed by atoms with Gasteiger partial charge in [-0.05, 0) is 23.6 Å². The molecule has 0 aliphatic carbocycles. The van der Waals surface area contributed by atoms with Gasteiger partial charge in [0, 0.05) is 31.7 Å². The average Bonchev–Trinajstić information content (AvgIpc) is 3.35. The van der Waals surface area contributed by atoms with Gasteiger partial charge in [-0.15, -0.1) is 0 Å². The number of hydrogen-bond acceptors (Lipinski definition) is 5. The Morgan fingerprint density at radius 2 is 1.89 bits per heavy atom. The zero-order chi connectivity index (χ0) is 19.2. The van der Waals surface area contributed by atoms with Crippen LogP contribution in [0.1, 0.15) is 22.8 Å². The van der Waals surface area contributed by atoms with Crippen molar-refractivity contribution in [2.75, 3.05) is 18.4 Å². The van der Waals surface area contributed by atoms with E-state index in [0.717, 1.165) is 30.6 Å². The van der Waals surface area contributed by atoms with Gasteiger partial charge in [0.2, 0.25) is 5.89 Å². The molecule has 0 unspecified atom stereocenters. The molecule has 2 N–H and O–H groups in total. The summed E-state index contributed by atoms with van der Waals surface area (Å²) in [5.74, 6) is 1.26. The fourth-order valence-corrected chi connectivity index (χ4v) is 3.23. The van der Waals surface area contributed by atoms with Gasteiger partial charge in [-0.2, -0.15) is 4.98 Å². The number of urea groups is 1. The van der Waals surface area contributed by atoms with E-state index in [2.05, 4.69) is 32.9 Å². The van der Waals surface area contributed by atoms with Gasteiger partial charge in [-0.1, -0.05) is 53.7 Å². The zero-order valence-electron chi connectivity index (χ0n) is 15.6. The average molecular weight is 377 g/mol. The fourth-order valence-electron chi connectivity index (χ4n) is 3.23. The highest BCUT2D eigenvalue weighted by atomic mass is 16.5. The third-order valence-corrected chi connectivity index (χ3v) is 4.74. The molecule has 7 heteroatoms. The summed E-state index contributed by atoms with van der Waals surface area (Å²) in [6.45, 7) is 2.44. The maximum atomic E-state index is 11.8. The Morgan fingerprint density at radius 1 is 1.07 bits per heavy atom. The van der Waals surface area contributed by atoms with E-state index in [0.29, 0.717) is 31.3 Å². The van der Waals surface area contributed by atoms with Crippen LogP contribution < -0.4 is 10.6 Å². The maximum Gasteiger partial charge on any atom is 0.317 e. The number of carbonyl (C=O) groups is 1. The molecular formula is C21H23N5O2. The lowest BCUT2D eigenvalue weighted by Crippen LogP contribution is -2.27. The van der Waals surface area contributed by atoms with Gasteiger partial charge < -0.3 is 20.1 Å². The molecule has 2 heterocycles. The van der Waals surface area contributed by atoms with E-state index in [1.54, 1.807) is 4.90 Å². The van der Waals surface area contributed by atoms with Crippen LogP contribution in [0.4, 0.5) is 10.5 Å². The van der Waals surface area contributed by atoms with Crippen molar-refractivity contribution in [3.8, 4) is 0 Å². The highest BCUT2D eigenvalue weighted by Crippen LogP contribution is 2.19. The van der Waals surface area contributed by atoms with E-state index in [9.17, 15) is 4.79 Å². The fraction of sp³-hybridized carbons (Fsp3) is 0.286. The summed E-state index contributed by atoms with van der Waals surface area (Å²) < 4.78 is 5.37. The Bertz CT molecular complexity index is 925. The first-order valence-electron chi connectivity index (χ1n) is 9.48. The molecule has 7 nitrogen and oxygen atoms in total. The normalized spacial score (nSPS) is 13.6. The number of para-hydroxylation sites is 1. The Labute approximate surface area is 163 Å². The molecule has 0 spiro atoms. The molecule has 28 heavy (non-hydrogen) atoms. The van der Waals surface area contributed by atoms with Crippen LogP contribution in [0, 0.1) is 0 Å². The van der Waals surface area contributed by atoms with Crippen LogP contribution in [-0.4, -0.2) is 34.2 Å². The van der Waals surface area contributed by atoms with Crippen LogP contribution >= 0.6 is 0 Å². The standard InChI is InChI=1S/C21H23N5O2/c27-21-22-12-13-26(21)15-17-8-4-5-9-18(17)23-14-20-24-19(25-28-20)11-10-16-6-2-1-3-7-16/h1-9,23H,10-15H2,(H,22,27). The minimum absolute atomic E-state index is 0.0187. The highest BCUT2D eigenvalue weighted by Gasteiger charge is 2.20. The van der Waals surface area contributed by atoms with Crippen LogP contribution in [0.5, 0.6) is 0 Å². The van der Waals surface area contributed by atoms with Crippen molar-refractivity contribution in [1.82, 2.24) is 20.4 Å². The summed E-state index contributed by atoms with van der Waals surface area (Å²) in [4.78, 5) is 18.1. The number of carbonyl (C=O) groups excluding carboxylic acids is 1. The number of amides is 2. The number of nitrogens with one attached hydrogen (secondary N) is 2. The molecule has 4 rings (SSSR count). The van der Waals surface area contributed by atoms with E-state index >= 15 is 0 Å². The minimum Gasteiger partial charge on any atom is -0.376 e. The summed E-state index contributed by atoms with van der Waals surface area (Å²) in [5.41, 5.74) is 3.28. The Balaban J connectivity index is 1.33. The summed E-state index contributed by atoms with van der Waals surface area (Å²) >= 11 is 0. The maximum absolute atomic E-state index is 11.8. The predicted molar refractivity (Wildman–Crippen MR) is 106 cm³/mol. The van der Waals surface area contributed by atoms with Gasteiger partial charge in [-0.25, -0.2) is 4.79 Å². The first kappa shape index (κ1) is 18.0. The smallest absolute Gasteiger partial charge is 0.317 e. The molecular weight excluding hydrogens is 354 g/mol. The molecule has 1 saturated heterocycles.